The third-order valence-electron chi connectivity index (χ3n) is 4.72. The Bertz CT molecular complexity index is 727. The van der Waals surface area contributed by atoms with E-state index >= 15 is 0 Å². The zero-order valence-electron chi connectivity index (χ0n) is 17.5. The van der Waals surface area contributed by atoms with E-state index in [9.17, 15) is 14.4 Å². The molecule has 0 saturated carbocycles. The summed E-state index contributed by atoms with van der Waals surface area (Å²) in [6.07, 6.45) is 9.70. The van der Waals surface area contributed by atoms with Crippen LogP contribution in [0.2, 0.25) is 0 Å². The Morgan fingerprint density at radius 2 is 1.93 bits per heavy atom. The third kappa shape index (κ3) is 8.05. The molecule has 0 heterocycles. The number of esters is 1. The van der Waals surface area contributed by atoms with Gasteiger partial charge in [0.25, 0.3) is 0 Å². The topological polar surface area (TPSA) is 98.5 Å². The van der Waals surface area contributed by atoms with Crippen LogP contribution in [0.15, 0.2) is 46.6 Å². The first-order valence-electron chi connectivity index (χ1n) is 9.54. The number of amides is 1. The molecule has 1 aliphatic rings. The van der Waals surface area contributed by atoms with Crippen molar-refractivity contribution in [3.05, 3.63) is 46.6 Å². The number of carbonyl (C=O) groups excluding carboxylic acids is 3. The van der Waals surface area contributed by atoms with Crippen LogP contribution in [-0.2, 0) is 19.1 Å². The number of primary amides is 1. The molecule has 1 aliphatic carbocycles. The van der Waals surface area contributed by atoms with Crippen molar-refractivity contribution in [3.63, 3.8) is 0 Å². The first-order valence-corrected chi connectivity index (χ1v) is 9.54. The van der Waals surface area contributed by atoms with Gasteiger partial charge in [0.2, 0.25) is 5.91 Å². The van der Waals surface area contributed by atoms with E-state index in [0.717, 1.165) is 29.4 Å². The van der Waals surface area contributed by atoms with Gasteiger partial charge in [-0.15, -0.1) is 0 Å². The lowest BCUT2D eigenvalue weighted by molar-refractivity contribution is -0.155. The van der Waals surface area contributed by atoms with Crippen LogP contribution in [-0.4, -0.2) is 36.4 Å². The molecule has 6 heteroatoms. The van der Waals surface area contributed by atoms with Crippen molar-refractivity contribution in [3.8, 4) is 0 Å². The number of hydrogen-bond acceptors (Lipinski definition) is 5. The minimum Gasteiger partial charge on any atom is -0.459 e. The summed E-state index contributed by atoms with van der Waals surface area (Å²) in [5.74, 6) is -0.839. The van der Waals surface area contributed by atoms with Gasteiger partial charge >= 0.3 is 5.97 Å². The number of hydrogen-bond donors (Lipinski definition) is 2. The second-order valence-corrected chi connectivity index (χ2v) is 7.67. The fourth-order valence-corrected chi connectivity index (χ4v) is 2.66. The second kappa shape index (κ2) is 10.8. The van der Waals surface area contributed by atoms with Gasteiger partial charge in [0.05, 0.1) is 6.54 Å². The summed E-state index contributed by atoms with van der Waals surface area (Å²) in [5.41, 5.74) is 8.12. The van der Waals surface area contributed by atoms with E-state index in [2.05, 4.69) is 5.32 Å². The van der Waals surface area contributed by atoms with Crippen LogP contribution < -0.4 is 11.1 Å². The third-order valence-corrected chi connectivity index (χ3v) is 4.72. The van der Waals surface area contributed by atoms with Gasteiger partial charge in [0.15, 0.2) is 0 Å². The van der Waals surface area contributed by atoms with Crippen molar-refractivity contribution in [2.45, 2.75) is 65.5 Å². The molecule has 0 aliphatic heterocycles. The molecule has 0 unspecified atom stereocenters. The SMILES string of the molecule is CCC(C)(C)OC(=O)CN[C@H](CC=O)CC1=C(C)/C=C(C(N)=O)\C=C(C)/C=C\1. The monoisotopic (exact) mass is 388 g/mol. The second-order valence-electron chi connectivity index (χ2n) is 7.67. The molecule has 0 spiro atoms. The molecule has 0 radical (unpaired) electrons. The average Bonchev–Trinajstić information content (AvgIpc) is 2.60. The van der Waals surface area contributed by atoms with E-state index in [0.29, 0.717) is 12.0 Å². The van der Waals surface area contributed by atoms with E-state index in [1.807, 2.05) is 46.8 Å². The van der Waals surface area contributed by atoms with Gasteiger partial charge in [-0.1, -0.05) is 24.6 Å². The number of carbonyl (C=O) groups is 3. The predicted molar refractivity (Wildman–Crippen MR) is 110 cm³/mol. The van der Waals surface area contributed by atoms with Crippen LogP contribution in [0.5, 0.6) is 0 Å². The Labute approximate surface area is 167 Å². The zero-order chi connectivity index (χ0) is 21.3. The summed E-state index contributed by atoms with van der Waals surface area (Å²) in [6, 6.07) is -0.224. The van der Waals surface area contributed by atoms with Crippen molar-refractivity contribution in [2.75, 3.05) is 6.54 Å². The number of allylic oxidation sites excluding steroid dienone is 5. The molecule has 3 N–H and O–H groups in total. The molecule has 0 fully saturated rings. The molecule has 0 aromatic heterocycles. The highest BCUT2D eigenvalue weighted by molar-refractivity contribution is 5.95. The molecule has 1 rings (SSSR count). The van der Waals surface area contributed by atoms with Gasteiger partial charge in [0.1, 0.15) is 11.9 Å². The van der Waals surface area contributed by atoms with Crippen molar-refractivity contribution < 1.29 is 19.1 Å². The number of nitrogens with one attached hydrogen (secondary N) is 1. The standard InChI is InChI=1S/C22H32N2O4/c1-6-22(4,5)28-20(26)14-24-19(9-10-25)13-17-8-7-15(2)11-18(21(23)27)12-16(17)3/h7-8,10-12,19,24H,6,9,13-14H2,1-5H3,(H2,23,27)/b8-7-,15-7?,15-11-,16-12?,17-8?,17-16+,18-11?,18-12+/t19-/m1/s1. The fourth-order valence-electron chi connectivity index (χ4n) is 2.66. The molecule has 0 saturated heterocycles. The maximum atomic E-state index is 12.1. The lowest BCUT2D eigenvalue weighted by atomic mass is 9.95. The van der Waals surface area contributed by atoms with Crippen LogP contribution >= 0.6 is 0 Å². The van der Waals surface area contributed by atoms with Crippen LogP contribution in [0, 0.1) is 0 Å². The van der Waals surface area contributed by atoms with E-state index in [1.54, 1.807) is 12.2 Å². The minimum atomic E-state index is -0.514. The van der Waals surface area contributed by atoms with Crippen molar-refractivity contribution in [2.24, 2.45) is 5.73 Å². The van der Waals surface area contributed by atoms with Gasteiger partial charge in [-0.2, -0.15) is 0 Å². The number of aldehydes is 1. The first kappa shape index (κ1) is 23.6. The van der Waals surface area contributed by atoms with Gasteiger partial charge in [-0.3, -0.25) is 9.59 Å². The zero-order valence-corrected chi connectivity index (χ0v) is 17.5. The van der Waals surface area contributed by atoms with Gasteiger partial charge in [-0.05, 0) is 63.8 Å². The number of nitrogens with two attached hydrogens (primary N) is 1. The molecule has 154 valence electrons. The molecule has 0 aromatic carbocycles. The fraction of sp³-hybridized carbons (Fsp3) is 0.500. The Morgan fingerprint density at radius 3 is 2.50 bits per heavy atom. The quantitative estimate of drug-likeness (QED) is 0.443. The molecule has 1 amide bonds. The van der Waals surface area contributed by atoms with E-state index in [1.165, 1.54) is 0 Å². The predicted octanol–water partition coefficient (Wildman–Crippen LogP) is 2.90. The van der Waals surface area contributed by atoms with Crippen molar-refractivity contribution in [1.82, 2.24) is 5.32 Å². The van der Waals surface area contributed by atoms with Crippen LogP contribution in [0.4, 0.5) is 0 Å². The summed E-state index contributed by atoms with van der Waals surface area (Å²) in [4.78, 5) is 34.8. The molecule has 6 nitrogen and oxygen atoms in total. The number of rotatable bonds is 10. The Hall–Kier alpha value is -2.47. The highest BCUT2D eigenvalue weighted by Gasteiger charge is 2.21. The summed E-state index contributed by atoms with van der Waals surface area (Å²) in [5, 5.41) is 3.12. The van der Waals surface area contributed by atoms with Crippen molar-refractivity contribution >= 4 is 18.2 Å². The molecule has 0 bridgehead atoms. The summed E-state index contributed by atoms with van der Waals surface area (Å²) in [6.45, 7) is 9.49. The van der Waals surface area contributed by atoms with Gasteiger partial charge in [0, 0.05) is 18.0 Å². The van der Waals surface area contributed by atoms with Gasteiger partial charge in [-0.25, -0.2) is 0 Å². The molecule has 0 aromatic rings. The lowest BCUT2D eigenvalue weighted by Gasteiger charge is -2.24. The van der Waals surface area contributed by atoms with Crippen LogP contribution in [0.25, 0.3) is 0 Å². The Kier molecular flexibility index (Phi) is 9.06. The van der Waals surface area contributed by atoms with Crippen LogP contribution in [0.3, 0.4) is 0 Å². The van der Waals surface area contributed by atoms with Gasteiger partial charge < -0.3 is 20.6 Å². The Morgan fingerprint density at radius 1 is 1.25 bits per heavy atom. The van der Waals surface area contributed by atoms with E-state index < -0.39 is 11.5 Å². The smallest absolute Gasteiger partial charge is 0.320 e. The van der Waals surface area contributed by atoms with Crippen LogP contribution in [0.1, 0.15) is 53.9 Å². The molecular formula is C22H32N2O4. The molecule has 1 atom stereocenters. The summed E-state index contributed by atoms with van der Waals surface area (Å²) in [7, 11) is 0. The minimum absolute atomic E-state index is 0.0271. The molecular weight excluding hydrogens is 356 g/mol. The van der Waals surface area contributed by atoms with E-state index in [4.69, 9.17) is 10.5 Å². The summed E-state index contributed by atoms with van der Waals surface area (Å²) < 4.78 is 5.43. The average molecular weight is 389 g/mol. The number of ether oxygens (including phenoxy) is 1. The lowest BCUT2D eigenvalue weighted by Crippen LogP contribution is -2.38. The highest BCUT2D eigenvalue weighted by Crippen LogP contribution is 2.21. The summed E-state index contributed by atoms with van der Waals surface area (Å²) >= 11 is 0. The normalized spacial score (nSPS) is 23.3. The Balaban J connectivity index is 2.91. The maximum Gasteiger partial charge on any atom is 0.320 e. The highest BCUT2D eigenvalue weighted by atomic mass is 16.6. The maximum absolute atomic E-state index is 12.1. The molecule has 28 heavy (non-hydrogen) atoms. The van der Waals surface area contributed by atoms with Crippen molar-refractivity contribution in [1.29, 1.82) is 0 Å². The van der Waals surface area contributed by atoms with E-state index in [-0.39, 0.29) is 25.0 Å². The first-order chi connectivity index (χ1) is 13.1. The largest absolute Gasteiger partial charge is 0.459 e.